The summed E-state index contributed by atoms with van der Waals surface area (Å²) in [7, 11) is 0. The highest BCUT2D eigenvalue weighted by Gasteiger charge is 2.20. The lowest BCUT2D eigenvalue weighted by molar-refractivity contribution is 0.669. The standard InChI is InChI=1S/C53H31N3OS/c1-3-13-33(14-4-1)44-31-45(56-53(55-44)42-22-12-20-38-37-17-8-10-24-46(37)57-51(38)42)34-27-25-32(26-28-34)36-19-11-21-41-49-47(58-52(36)41)30-29-40-48(49)39-18-7-9-23-43(39)54-50(40)35-15-5-2-6-16-35/h1-31H. The normalized spacial score (nSPS) is 11.8. The minimum Gasteiger partial charge on any atom is -0.455 e. The fraction of sp³-hybridized carbons (Fsp3) is 0. The Morgan fingerprint density at radius 1 is 0.397 bits per heavy atom. The van der Waals surface area contributed by atoms with Gasteiger partial charge in [-0.25, -0.2) is 15.0 Å². The van der Waals surface area contributed by atoms with Gasteiger partial charge in [-0.15, -0.1) is 11.3 Å². The van der Waals surface area contributed by atoms with Gasteiger partial charge >= 0.3 is 0 Å². The van der Waals surface area contributed by atoms with Crippen molar-refractivity contribution in [3.63, 3.8) is 0 Å². The summed E-state index contributed by atoms with van der Waals surface area (Å²) in [5, 5.41) is 8.28. The molecule has 8 aromatic carbocycles. The molecule has 0 amide bonds. The zero-order chi connectivity index (χ0) is 38.2. The third kappa shape index (κ3) is 5.18. The maximum Gasteiger partial charge on any atom is 0.164 e. The van der Waals surface area contributed by atoms with Gasteiger partial charge in [0.25, 0.3) is 0 Å². The second-order valence-corrected chi connectivity index (χ2v) is 15.7. The molecule has 270 valence electrons. The molecule has 0 unspecified atom stereocenters. The number of furan rings is 1. The monoisotopic (exact) mass is 757 g/mol. The molecule has 12 aromatic rings. The quantitative estimate of drug-likeness (QED) is 0.164. The molecule has 0 aliphatic heterocycles. The Balaban J connectivity index is 1.01. The van der Waals surface area contributed by atoms with Crippen LogP contribution < -0.4 is 0 Å². The van der Waals surface area contributed by atoms with Gasteiger partial charge in [0.05, 0.1) is 28.2 Å². The Morgan fingerprint density at radius 3 is 1.81 bits per heavy atom. The van der Waals surface area contributed by atoms with Crippen LogP contribution >= 0.6 is 11.3 Å². The number of hydrogen-bond acceptors (Lipinski definition) is 5. The summed E-state index contributed by atoms with van der Waals surface area (Å²) in [6.07, 6.45) is 0. The zero-order valence-electron chi connectivity index (χ0n) is 31.1. The number of fused-ring (bicyclic) bond motifs is 10. The second kappa shape index (κ2) is 13.1. The average Bonchev–Trinajstić information content (AvgIpc) is 3.88. The van der Waals surface area contributed by atoms with E-state index in [4.69, 9.17) is 19.4 Å². The van der Waals surface area contributed by atoms with E-state index in [1.54, 1.807) is 0 Å². The summed E-state index contributed by atoms with van der Waals surface area (Å²) < 4.78 is 8.98. The van der Waals surface area contributed by atoms with E-state index in [1.165, 1.54) is 41.9 Å². The number of aromatic nitrogens is 3. The molecule has 0 spiro atoms. The first-order valence-corrected chi connectivity index (χ1v) is 20.2. The van der Waals surface area contributed by atoms with Crippen LogP contribution in [0.4, 0.5) is 0 Å². The predicted octanol–water partition coefficient (Wildman–Crippen LogP) is 14.8. The summed E-state index contributed by atoms with van der Waals surface area (Å²) in [4.78, 5) is 15.5. The van der Waals surface area contributed by atoms with Crippen molar-refractivity contribution in [3.05, 3.63) is 188 Å². The van der Waals surface area contributed by atoms with Crippen LogP contribution in [0.15, 0.2) is 192 Å². The summed E-state index contributed by atoms with van der Waals surface area (Å²) in [6, 6.07) is 65.9. The van der Waals surface area contributed by atoms with Gasteiger partial charge in [-0.3, -0.25) is 0 Å². The first-order valence-electron chi connectivity index (χ1n) is 19.4. The third-order valence-corrected chi connectivity index (χ3v) is 12.5. The minimum atomic E-state index is 0.630. The van der Waals surface area contributed by atoms with Gasteiger partial charge in [-0.2, -0.15) is 0 Å². The highest BCUT2D eigenvalue weighted by atomic mass is 32.1. The van der Waals surface area contributed by atoms with Crippen molar-refractivity contribution in [2.24, 2.45) is 0 Å². The van der Waals surface area contributed by atoms with Crippen LogP contribution in [0, 0.1) is 0 Å². The molecule has 0 bridgehead atoms. The van der Waals surface area contributed by atoms with E-state index in [9.17, 15) is 0 Å². The van der Waals surface area contributed by atoms with Gasteiger partial charge in [0.1, 0.15) is 11.2 Å². The van der Waals surface area contributed by atoms with E-state index in [2.05, 4.69) is 152 Å². The third-order valence-electron chi connectivity index (χ3n) is 11.3. The van der Waals surface area contributed by atoms with E-state index in [0.29, 0.717) is 5.82 Å². The minimum absolute atomic E-state index is 0.630. The molecule has 4 heterocycles. The van der Waals surface area contributed by atoms with Crippen molar-refractivity contribution in [3.8, 4) is 56.3 Å². The molecule has 0 radical (unpaired) electrons. The molecule has 0 saturated heterocycles. The smallest absolute Gasteiger partial charge is 0.164 e. The Kier molecular flexibility index (Phi) is 7.37. The first kappa shape index (κ1) is 32.7. The van der Waals surface area contributed by atoms with Crippen molar-refractivity contribution in [2.75, 3.05) is 0 Å². The Hall–Kier alpha value is -7.47. The molecule has 0 atom stereocenters. The van der Waals surface area contributed by atoms with E-state index in [0.717, 1.165) is 72.4 Å². The highest BCUT2D eigenvalue weighted by Crippen LogP contribution is 2.46. The molecule has 58 heavy (non-hydrogen) atoms. The lowest BCUT2D eigenvalue weighted by atomic mass is 9.95. The Morgan fingerprint density at radius 2 is 1.02 bits per heavy atom. The maximum absolute atomic E-state index is 6.44. The lowest BCUT2D eigenvalue weighted by Gasteiger charge is -2.12. The van der Waals surface area contributed by atoms with Crippen LogP contribution in [0.25, 0.3) is 120 Å². The van der Waals surface area contributed by atoms with E-state index < -0.39 is 0 Å². The van der Waals surface area contributed by atoms with Crippen LogP contribution in [0.3, 0.4) is 0 Å². The summed E-state index contributed by atoms with van der Waals surface area (Å²) >= 11 is 1.86. The van der Waals surface area contributed by atoms with Crippen LogP contribution in [0.5, 0.6) is 0 Å². The fourth-order valence-electron chi connectivity index (χ4n) is 8.59. The number of benzene rings is 8. The Bertz CT molecular complexity index is 3550. The van der Waals surface area contributed by atoms with Crippen molar-refractivity contribution in [1.82, 2.24) is 15.0 Å². The molecule has 0 N–H and O–H groups in total. The molecule has 4 nitrogen and oxygen atoms in total. The number of para-hydroxylation sites is 3. The van der Waals surface area contributed by atoms with Gasteiger partial charge in [0.2, 0.25) is 0 Å². The van der Waals surface area contributed by atoms with Gasteiger partial charge in [0, 0.05) is 63.8 Å². The molecule has 0 fully saturated rings. The number of pyridine rings is 1. The summed E-state index contributed by atoms with van der Waals surface area (Å²) in [6.45, 7) is 0. The second-order valence-electron chi connectivity index (χ2n) is 14.7. The average molecular weight is 758 g/mol. The fourth-order valence-corrected chi connectivity index (χ4v) is 9.84. The SMILES string of the molecule is c1ccc(-c2cc(-c3ccc(-c4cccc5c4sc4ccc6c(-c7ccccc7)nc7ccccc7c6c45)cc3)nc(-c3cccc4c3oc3ccccc34)n2)cc1. The zero-order valence-corrected chi connectivity index (χ0v) is 31.9. The summed E-state index contributed by atoms with van der Waals surface area (Å²) in [5.74, 6) is 0.630. The van der Waals surface area contributed by atoms with E-state index in [-0.39, 0.29) is 0 Å². The molecule has 0 aliphatic carbocycles. The predicted molar refractivity (Wildman–Crippen MR) is 242 cm³/mol. The van der Waals surface area contributed by atoms with E-state index in [1.807, 2.05) is 47.7 Å². The molecular formula is C53H31N3OS. The molecule has 0 aliphatic rings. The van der Waals surface area contributed by atoms with Crippen LogP contribution in [0.1, 0.15) is 0 Å². The van der Waals surface area contributed by atoms with Crippen molar-refractivity contribution < 1.29 is 4.42 Å². The first-order chi connectivity index (χ1) is 28.7. The van der Waals surface area contributed by atoms with Gasteiger partial charge in [-0.1, -0.05) is 158 Å². The number of rotatable bonds is 5. The molecular weight excluding hydrogens is 727 g/mol. The van der Waals surface area contributed by atoms with Crippen molar-refractivity contribution in [1.29, 1.82) is 0 Å². The van der Waals surface area contributed by atoms with Crippen molar-refractivity contribution in [2.45, 2.75) is 0 Å². The molecule has 4 aromatic heterocycles. The van der Waals surface area contributed by atoms with Gasteiger partial charge in [0.15, 0.2) is 5.82 Å². The molecule has 0 saturated carbocycles. The van der Waals surface area contributed by atoms with Gasteiger partial charge < -0.3 is 4.42 Å². The van der Waals surface area contributed by atoms with Crippen LogP contribution in [-0.2, 0) is 0 Å². The molecule has 5 heteroatoms. The largest absolute Gasteiger partial charge is 0.455 e. The lowest BCUT2D eigenvalue weighted by Crippen LogP contribution is -1.96. The van der Waals surface area contributed by atoms with Gasteiger partial charge in [-0.05, 0) is 41.5 Å². The van der Waals surface area contributed by atoms with E-state index >= 15 is 0 Å². The Labute approximate surface area is 337 Å². The number of hydrogen-bond donors (Lipinski definition) is 0. The van der Waals surface area contributed by atoms with Crippen LogP contribution in [-0.4, -0.2) is 15.0 Å². The molecule has 12 rings (SSSR count). The topological polar surface area (TPSA) is 51.8 Å². The van der Waals surface area contributed by atoms with Crippen LogP contribution in [0.2, 0.25) is 0 Å². The van der Waals surface area contributed by atoms with Crippen molar-refractivity contribution >= 4 is 75.1 Å². The highest BCUT2D eigenvalue weighted by molar-refractivity contribution is 7.26. The maximum atomic E-state index is 6.44. The number of nitrogens with zero attached hydrogens (tertiary/aromatic N) is 3. The number of thiophene rings is 1. The summed E-state index contributed by atoms with van der Waals surface area (Å²) in [5.41, 5.74) is 11.8.